The van der Waals surface area contributed by atoms with Crippen LogP contribution in [0.5, 0.6) is 5.75 Å². The lowest BCUT2D eigenvalue weighted by atomic mass is 10.1. The van der Waals surface area contributed by atoms with Crippen LogP contribution < -0.4 is 15.8 Å². The predicted molar refractivity (Wildman–Crippen MR) is 85.9 cm³/mol. The molecule has 0 bridgehead atoms. The number of hydrogen-bond acceptors (Lipinski definition) is 3. The number of aryl methyl sites for hydroxylation is 2. The number of hydrogen-bond donors (Lipinski definition) is 2. The molecular weight excluding hydrogens is 288 g/mol. The van der Waals surface area contributed by atoms with Crippen molar-refractivity contribution in [2.75, 3.05) is 17.7 Å². The highest BCUT2D eigenvalue weighted by atomic mass is 35.5. The van der Waals surface area contributed by atoms with E-state index in [1.54, 1.807) is 18.2 Å². The molecule has 0 unspecified atom stereocenters. The Bertz CT molecular complexity index is 671. The molecule has 110 valence electrons. The van der Waals surface area contributed by atoms with Gasteiger partial charge in [-0.05, 0) is 49.2 Å². The molecule has 0 heterocycles. The smallest absolute Gasteiger partial charge is 0.262 e. The molecule has 1 amide bonds. The highest BCUT2D eigenvalue weighted by Crippen LogP contribution is 2.23. The molecule has 2 aromatic rings. The molecular formula is C16H17ClN2O2. The van der Waals surface area contributed by atoms with Gasteiger partial charge in [0.05, 0.1) is 11.4 Å². The SMILES string of the molecule is Cc1ccc(C)c(OCC(=O)Nc2cc(Cl)ccc2N)c1. The van der Waals surface area contributed by atoms with Crippen LogP contribution in [0.1, 0.15) is 11.1 Å². The zero-order valence-electron chi connectivity index (χ0n) is 11.9. The van der Waals surface area contributed by atoms with Gasteiger partial charge in [0, 0.05) is 5.02 Å². The van der Waals surface area contributed by atoms with E-state index >= 15 is 0 Å². The minimum absolute atomic E-state index is 0.0871. The van der Waals surface area contributed by atoms with Crippen molar-refractivity contribution in [1.82, 2.24) is 0 Å². The Balaban J connectivity index is 1.99. The maximum absolute atomic E-state index is 11.9. The fraction of sp³-hybridized carbons (Fsp3) is 0.188. The van der Waals surface area contributed by atoms with Gasteiger partial charge in [0.15, 0.2) is 6.61 Å². The maximum atomic E-state index is 11.9. The normalized spacial score (nSPS) is 10.2. The lowest BCUT2D eigenvalue weighted by Crippen LogP contribution is -2.21. The maximum Gasteiger partial charge on any atom is 0.262 e. The van der Waals surface area contributed by atoms with Crippen LogP contribution in [-0.4, -0.2) is 12.5 Å². The fourth-order valence-corrected chi connectivity index (χ4v) is 2.00. The predicted octanol–water partition coefficient (Wildman–Crippen LogP) is 3.56. The number of carbonyl (C=O) groups is 1. The van der Waals surface area contributed by atoms with Gasteiger partial charge >= 0.3 is 0 Å². The van der Waals surface area contributed by atoms with E-state index in [1.807, 2.05) is 32.0 Å². The van der Waals surface area contributed by atoms with Gasteiger partial charge in [-0.3, -0.25) is 4.79 Å². The summed E-state index contributed by atoms with van der Waals surface area (Å²) in [4.78, 5) is 11.9. The molecule has 4 nitrogen and oxygen atoms in total. The second-order valence-corrected chi connectivity index (χ2v) is 5.27. The third-order valence-electron chi connectivity index (χ3n) is 2.99. The minimum atomic E-state index is -0.287. The molecule has 0 atom stereocenters. The van der Waals surface area contributed by atoms with E-state index in [4.69, 9.17) is 22.1 Å². The van der Waals surface area contributed by atoms with Crippen LogP contribution in [-0.2, 0) is 4.79 Å². The van der Waals surface area contributed by atoms with Gasteiger partial charge in [-0.2, -0.15) is 0 Å². The lowest BCUT2D eigenvalue weighted by Gasteiger charge is -2.11. The molecule has 0 aliphatic rings. The van der Waals surface area contributed by atoms with Crippen molar-refractivity contribution in [3.8, 4) is 5.75 Å². The number of halogens is 1. The Kier molecular flexibility index (Phi) is 4.70. The quantitative estimate of drug-likeness (QED) is 0.849. The molecule has 21 heavy (non-hydrogen) atoms. The summed E-state index contributed by atoms with van der Waals surface area (Å²) < 4.78 is 5.54. The Hall–Kier alpha value is -2.20. The van der Waals surface area contributed by atoms with Gasteiger partial charge in [-0.1, -0.05) is 23.7 Å². The summed E-state index contributed by atoms with van der Waals surface area (Å²) in [6, 6.07) is 10.8. The summed E-state index contributed by atoms with van der Waals surface area (Å²) >= 11 is 5.87. The highest BCUT2D eigenvalue weighted by molar-refractivity contribution is 6.31. The number of nitrogens with one attached hydrogen (secondary N) is 1. The molecule has 0 aliphatic carbocycles. The molecule has 0 aliphatic heterocycles. The molecule has 0 spiro atoms. The summed E-state index contributed by atoms with van der Waals surface area (Å²) in [7, 11) is 0. The van der Waals surface area contributed by atoms with Crippen molar-refractivity contribution in [2.45, 2.75) is 13.8 Å². The van der Waals surface area contributed by atoms with Gasteiger partial charge in [0.1, 0.15) is 5.75 Å². The molecule has 0 fully saturated rings. The van der Waals surface area contributed by atoms with Gasteiger partial charge in [0.25, 0.3) is 5.91 Å². The van der Waals surface area contributed by atoms with E-state index < -0.39 is 0 Å². The highest BCUT2D eigenvalue weighted by Gasteiger charge is 2.08. The molecule has 0 saturated heterocycles. The van der Waals surface area contributed by atoms with Crippen LogP contribution in [0.2, 0.25) is 5.02 Å². The van der Waals surface area contributed by atoms with E-state index in [0.29, 0.717) is 22.1 Å². The summed E-state index contributed by atoms with van der Waals surface area (Å²) in [5.74, 6) is 0.411. The molecule has 0 radical (unpaired) electrons. The number of benzene rings is 2. The summed E-state index contributed by atoms with van der Waals surface area (Å²) in [5.41, 5.74) is 8.78. The van der Waals surface area contributed by atoms with Crippen LogP contribution in [0.25, 0.3) is 0 Å². The van der Waals surface area contributed by atoms with Crippen LogP contribution in [0, 0.1) is 13.8 Å². The third kappa shape index (κ3) is 4.13. The number of carbonyl (C=O) groups excluding carboxylic acids is 1. The van der Waals surface area contributed by atoms with Crippen molar-refractivity contribution < 1.29 is 9.53 Å². The second-order valence-electron chi connectivity index (χ2n) is 4.84. The van der Waals surface area contributed by atoms with Gasteiger partial charge < -0.3 is 15.8 Å². The first-order chi connectivity index (χ1) is 9.95. The van der Waals surface area contributed by atoms with Crippen LogP contribution in [0.4, 0.5) is 11.4 Å². The van der Waals surface area contributed by atoms with Gasteiger partial charge in [-0.15, -0.1) is 0 Å². The lowest BCUT2D eigenvalue weighted by molar-refractivity contribution is -0.118. The Morgan fingerprint density at radius 3 is 2.76 bits per heavy atom. The second kappa shape index (κ2) is 6.50. The number of nitrogen functional groups attached to an aromatic ring is 1. The number of rotatable bonds is 4. The summed E-state index contributed by atoms with van der Waals surface area (Å²) in [6.45, 7) is 3.82. The standard InChI is InChI=1S/C16H17ClN2O2/c1-10-3-4-11(2)15(7-10)21-9-16(20)19-14-8-12(17)5-6-13(14)18/h3-8H,9,18H2,1-2H3,(H,19,20). The van der Waals surface area contributed by atoms with Gasteiger partial charge in [-0.25, -0.2) is 0 Å². The van der Waals surface area contributed by atoms with E-state index in [9.17, 15) is 4.79 Å². The van der Waals surface area contributed by atoms with E-state index in [0.717, 1.165) is 11.1 Å². The zero-order chi connectivity index (χ0) is 15.4. The van der Waals surface area contributed by atoms with Crippen LogP contribution >= 0.6 is 11.6 Å². The van der Waals surface area contributed by atoms with Crippen LogP contribution in [0.15, 0.2) is 36.4 Å². The Morgan fingerprint density at radius 1 is 1.24 bits per heavy atom. The summed E-state index contributed by atoms with van der Waals surface area (Å²) in [5, 5.41) is 3.19. The number of nitrogens with two attached hydrogens (primary N) is 1. The van der Waals surface area contributed by atoms with Gasteiger partial charge in [0.2, 0.25) is 0 Å². The van der Waals surface area contributed by atoms with Crippen molar-refractivity contribution in [1.29, 1.82) is 0 Å². The zero-order valence-corrected chi connectivity index (χ0v) is 12.7. The average Bonchev–Trinajstić information content (AvgIpc) is 2.44. The van der Waals surface area contributed by atoms with Crippen molar-refractivity contribution >= 4 is 28.9 Å². The van der Waals surface area contributed by atoms with E-state index in [-0.39, 0.29) is 12.5 Å². The topological polar surface area (TPSA) is 64.3 Å². The molecule has 3 N–H and O–H groups in total. The molecule has 0 aromatic heterocycles. The Labute approximate surface area is 128 Å². The minimum Gasteiger partial charge on any atom is -0.483 e. The summed E-state index contributed by atoms with van der Waals surface area (Å²) in [6.07, 6.45) is 0. The number of anilines is 2. The van der Waals surface area contributed by atoms with E-state index in [1.165, 1.54) is 0 Å². The first kappa shape index (κ1) is 15.2. The van der Waals surface area contributed by atoms with Crippen molar-refractivity contribution in [3.63, 3.8) is 0 Å². The fourth-order valence-electron chi connectivity index (χ4n) is 1.83. The van der Waals surface area contributed by atoms with Crippen LogP contribution in [0.3, 0.4) is 0 Å². The average molecular weight is 305 g/mol. The largest absolute Gasteiger partial charge is 0.483 e. The Morgan fingerprint density at radius 2 is 2.00 bits per heavy atom. The number of amides is 1. The molecule has 2 aromatic carbocycles. The molecule has 5 heteroatoms. The third-order valence-corrected chi connectivity index (χ3v) is 3.23. The monoisotopic (exact) mass is 304 g/mol. The number of ether oxygens (including phenoxy) is 1. The van der Waals surface area contributed by atoms with Crippen molar-refractivity contribution in [2.24, 2.45) is 0 Å². The first-order valence-electron chi connectivity index (χ1n) is 6.50. The molecule has 2 rings (SSSR count). The first-order valence-corrected chi connectivity index (χ1v) is 6.88. The van der Waals surface area contributed by atoms with Crippen molar-refractivity contribution in [3.05, 3.63) is 52.5 Å². The molecule has 0 saturated carbocycles. The van der Waals surface area contributed by atoms with E-state index in [2.05, 4.69) is 5.32 Å².